The molecule has 0 bridgehead atoms. The summed E-state index contributed by atoms with van der Waals surface area (Å²) in [5.41, 5.74) is 0.664. The lowest BCUT2D eigenvalue weighted by molar-refractivity contribution is -0.136. The third-order valence-electron chi connectivity index (χ3n) is 2.44. The van der Waals surface area contributed by atoms with Gasteiger partial charge in [0.15, 0.2) is 0 Å². The van der Waals surface area contributed by atoms with E-state index in [0.29, 0.717) is 5.57 Å². The first-order chi connectivity index (χ1) is 7.57. The SMILES string of the molecule is COC(=O)C(C)=CCNCCCCC(C)C. The first-order valence-electron chi connectivity index (χ1n) is 6.03. The minimum atomic E-state index is -0.249. The number of methoxy groups -OCH3 is 1. The van der Waals surface area contributed by atoms with Gasteiger partial charge in [0, 0.05) is 12.1 Å². The molecule has 16 heavy (non-hydrogen) atoms. The molecule has 1 N–H and O–H groups in total. The lowest BCUT2D eigenvalue weighted by Crippen LogP contribution is -2.16. The van der Waals surface area contributed by atoms with Crippen LogP contribution in [-0.4, -0.2) is 26.2 Å². The number of carbonyl (C=O) groups excluding carboxylic acids is 1. The molecule has 0 rings (SSSR count). The average molecular weight is 227 g/mol. The molecule has 3 heteroatoms. The molecular weight excluding hydrogens is 202 g/mol. The smallest absolute Gasteiger partial charge is 0.333 e. The maximum absolute atomic E-state index is 11.0. The molecule has 0 radical (unpaired) electrons. The monoisotopic (exact) mass is 227 g/mol. The maximum Gasteiger partial charge on any atom is 0.333 e. The molecule has 0 saturated heterocycles. The van der Waals surface area contributed by atoms with Crippen LogP contribution in [0.2, 0.25) is 0 Å². The quantitative estimate of drug-likeness (QED) is 0.393. The van der Waals surface area contributed by atoms with Crippen molar-refractivity contribution in [2.24, 2.45) is 5.92 Å². The van der Waals surface area contributed by atoms with Crippen LogP contribution in [-0.2, 0) is 9.53 Å². The zero-order chi connectivity index (χ0) is 12.4. The molecular formula is C13H25NO2. The van der Waals surface area contributed by atoms with Gasteiger partial charge in [0.05, 0.1) is 7.11 Å². The van der Waals surface area contributed by atoms with Gasteiger partial charge in [-0.2, -0.15) is 0 Å². The fraction of sp³-hybridized carbons (Fsp3) is 0.769. The molecule has 0 unspecified atom stereocenters. The maximum atomic E-state index is 11.0. The molecule has 0 fully saturated rings. The van der Waals surface area contributed by atoms with E-state index in [0.717, 1.165) is 19.0 Å². The molecule has 3 nitrogen and oxygen atoms in total. The van der Waals surface area contributed by atoms with E-state index in [1.807, 2.05) is 6.08 Å². The summed E-state index contributed by atoms with van der Waals surface area (Å²) in [5, 5.41) is 3.28. The normalized spacial score (nSPS) is 11.9. The number of hydrogen-bond acceptors (Lipinski definition) is 3. The molecule has 0 heterocycles. The highest BCUT2D eigenvalue weighted by Crippen LogP contribution is 2.04. The largest absolute Gasteiger partial charge is 0.466 e. The van der Waals surface area contributed by atoms with Crippen LogP contribution in [0.15, 0.2) is 11.6 Å². The Morgan fingerprint density at radius 3 is 2.62 bits per heavy atom. The van der Waals surface area contributed by atoms with Crippen LogP contribution in [0.3, 0.4) is 0 Å². The van der Waals surface area contributed by atoms with Crippen molar-refractivity contribution in [2.45, 2.75) is 40.0 Å². The number of esters is 1. The van der Waals surface area contributed by atoms with Gasteiger partial charge < -0.3 is 10.1 Å². The summed E-state index contributed by atoms with van der Waals surface area (Å²) in [6, 6.07) is 0. The number of ether oxygens (including phenoxy) is 1. The fourth-order valence-corrected chi connectivity index (χ4v) is 1.37. The Balaban J connectivity index is 3.42. The topological polar surface area (TPSA) is 38.3 Å². The summed E-state index contributed by atoms with van der Waals surface area (Å²) in [6.07, 6.45) is 5.63. The number of unbranched alkanes of at least 4 members (excludes halogenated alkanes) is 1. The predicted molar refractivity (Wildman–Crippen MR) is 67.3 cm³/mol. The number of rotatable bonds is 8. The zero-order valence-electron chi connectivity index (χ0n) is 11.0. The second kappa shape index (κ2) is 9.40. The zero-order valence-corrected chi connectivity index (χ0v) is 11.0. The molecule has 0 aromatic carbocycles. The van der Waals surface area contributed by atoms with Crippen molar-refractivity contribution in [1.82, 2.24) is 5.32 Å². The van der Waals surface area contributed by atoms with Gasteiger partial charge in [-0.25, -0.2) is 4.79 Å². The minimum Gasteiger partial charge on any atom is -0.466 e. The second-order valence-electron chi connectivity index (χ2n) is 4.47. The van der Waals surface area contributed by atoms with Gasteiger partial charge in [-0.15, -0.1) is 0 Å². The first kappa shape index (κ1) is 15.2. The van der Waals surface area contributed by atoms with E-state index in [2.05, 4.69) is 23.9 Å². The van der Waals surface area contributed by atoms with Gasteiger partial charge in [-0.1, -0.05) is 32.8 Å². The van der Waals surface area contributed by atoms with Crippen molar-refractivity contribution in [2.75, 3.05) is 20.2 Å². The van der Waals surface area contributed by atoms with Crippen LogP contribution >= 0.6 is 0 Å². The van der Waals surface area contributed by atoms with Crippen LogP contribution in [0.5, 0.6) is 0 Å². The third kappa shape index (κ3) is 8.48. The summed E-state index contributed by atoms with van der Waals surface area (Å²) < 4.78 is 4.60. The van der Waals surface area contributed by atoms with E-state index < -0.39 is 0 Å². The van der Waals surface area contributed by atoms with E-state index >= 15 is 0 Å². The Hall–Kier alpha value is -0.830. The molecule has 0 aliphatic heterocycles. The van der Waals surface area contributed by atoms with E-state index in [1.54, 1.807) is 6.92 Å². The lowest BCUT2D eigenvalue weighted by atomic mass is 10.1. The van der Waals surface area contributed by atoms with Crippen LogP contribution in [0.1, 0.15) is 40.0 Å². The van der Waals surface area contributed by atoms with E-state index in [4.69, 9.17) is 0 Å². The van der Waals surface area contributed by atoms with Crippen molar-refractivity contribution >= 4 is 5.97 Å². The Morgan fingerprint density at radius 1 is 1.38 bits per heavy atom. The summed E-state index contributed by atoms with van der Waals surface area (Å²) in [7, 11) is 1.40. The number of carbonyl (C=O) groups is 1. The fourth-order valence-electron chi connectivity index (χ4n) is 1.37. The summed E-state index contributed by atoms with van der Waals surface area (Å²) in [6.45, 7) is 8.01. The lowest BCUT2D eigenvalue weighted by Gasteiger charge is -2.05. The molecule has 0 aromatic rings. The number of nitrogens with one attached hydrogen (secondary N) is 1. The standard InChI is InChI=1S/C13H25NO2/c1-11(2)7-5-6-9-14-10-8-12(3)13(15)16-4/h8,11,14H,5-7,9-10H2,1-4H3. The Labute approximate surface area is 99.3 Å². The van der Waals surface area contributed by atoms with E-state index in [1.165, 1.54) is 26.4 Å². The van der Waals surface area contributed by atoms with Gasteiger partial charge in [0.2, 0.25) is 0 Å². The van der Waals surface area contributed by atoms with Crippen LogP contribution in [0, 0.1) is 5.92 Å². The van der Waals surface area contributed by atoms with Crippen molar-refractivity contribution in [3.8, 4) is 0 Å². The molecule has 94 valence electrons. The number of hydrogen-bond donors (Lipinski definition) is 1. The highest BCUT2D eigenvalue weighted by Gasteiger charge is 2.00. The average Bonchev–Trinajstić information content (AvgIpc) is 2.25. The van der Waals surface area contributed by atoms with E-state index in [9.17, 15) is 4.79 Å². The van der Waals surface area contributed by atoms with Gasteiger partial charge >= 0.3 is 5.97 Å². The minimum absolute atomic E-state index is 0.249. The Bertz CT molecular complexity index is 222. The second-order valence-corrected chi connectivity index (χ2v) is 4.47. The van der Waals surface area contributed by atoms with Gasteiger partial charge in [0.25, 0.3) is 0 Å². The summed E-state index contributed by atoms with van der Waals surface area (Å²) in [5.74, 6) is 0.545. The molecule has 0 amide bonds. The van der Waals surface area contributed by atoms with Gasteiger partial charge in [0.1, 0.15) is 0 Å². The third-order valence-corrected chi connectivity index (χ3v) is 2.44. The van der Waals surface area contributed by atoms with Crippen molar-refractivity contribution in [3.05, 3.63) is 11.6 Å². The molecule has 0 saturated carbocycles. The Kier molecular flexibility index (Phi) is 8.91. The van der Waals surface area contributed by atoms with Crippen molar-refractivity contribution < 1.29 is 9.53 Å². The van der Waals surface area contributed by atoms with Crippen molar-refractivity contribution in [1.29, 1.82) is 0 Å². The molecule has 0 aliphatic carbocycles. The van der Waals surface area contributed by atoms with Gasteiger partial charge in [-0.3, -0.25) is 0 Å². The Morgan fingerprint density at radius 2 is 2.06 bits per heavy atom. The van der Waals surface area contributed by atoms with Gasteiger partial charge in [-0.05, 0) is 25.8 Å². The predicted octanol–water partition coefficient (Wildman–Crippen LogP) is 2.52. The first-order valence-corrected chi connectivity index (χ1v) is 6.03. The summed E-state index contributed by atoms with van der Waals surface area (Å²) >= 11 is 0. The van der Waals surface area contributed by atoms with Crippen molar-refractivity contribution in [3.63, 3.8) is 0 Å². The highest BCUT2D eigenvalue weighted by atomic mass is 16.5. The van der Waals surface area contributed by atoms with Crippen LogP contribution in [0.4, 0.5) is 0 Å². The molecule has 0 aliphatic rings. The highest BCUT2D eigenvalue weighted by molar-refractivity contribution is 5.87. The molecule has 0 atom stereocenters. The summed E-state index contributed by atoms with van der Waals surface area (Å²) in [4.78, 5) is 11.0. The molecule has 0 spiro atoms. The molecule has 0 aromatic heterocycles. The van der Waals surface area contributed by atoms with Crippen LogP contribution < -0.4 is 5.32 Å². The van der Waals surface area contributed by atoms with E-state index in [-0.39, 0.29) is 5.97 Å². The van der Waals surface area contributed by atoms with Crippen LogP contribution in [0.25, 0.3) is 0 Å².